The average Bonchev–Trinajstić information content (AvgIpc) is 3.05. The molecule has 6 atom stereocenters. The minimum absolute atomic E-state index is 0.155. The monoisotopic (exact) mass is 548 g/mol. The molecule has 0 unspecified atom stereocenters. The molecule has 0 heterocycles. The average molecular weight is 549 g/mol. The van der Waals surface area contributed by atoms with Crippen LogP contribution in [0.3, 0.4) is 0 Å². The van der Waals surface area contributed by atoms with Gasteiger partial charge in [-0.1, -0.05) is 39.8 Å². The topological polar surface area (TPSA) is 122 Å². The maximum Gasteiger partial charge on any atom is 0.306 e. The molecule has 1 fully saturated rings. The van der Waals surface area contributed by atoms with Crippen molar-refractivity contribution in [3.8, 4) is 0 Å². The van der Waals surface area contributed by atoms with Gasteiger partial charge in [-0.2, -0.15) is 0 Å². The molecule has 1 saturated carbocycles. The predicted octanol–water partition coefficient (Wildman–Crippen LogP) is 4.80. The number of hydrogen-bond donors (Lipinski definition) is 0. The molecule has 39 heavy (non-hydrogen) atoms. The summed E-state index contributed by atoms with van der Waals surface area (Å²) < 4.78 is 23.2. The largest absolute Gasteiger partial charge is 0.462 e. The lowest BCUT2D eigenvalue weighted by Gasteiger charge is -2.38. The molecular formula is C30H44O9. The molecule has 9 heteroatoms. The molecule has 0 aromatic carbocycles. The minimum Gasteiger partial charge on any atom is -0.462 e. The molecule has 0 aromatic heterocycles. The van der Waals surface area contributed by atoms with E-state index in [2.05, 4.69) is 0 Å². The van der Waals surface area contributed by atoms with Crippen LogP contribution in [0.5, 0.6) is 0 Å². The maximum atomic E-state index is 14.1. The summed E-state index contributed by atoms with van der Waals surface area (Å²) in [6.07, 6.45) is 2.81. The third-order valence-corrected chi connectivity index (χ3v) is 7.67. The quantitative estimate of drug-likeness (QED) is 0.262. The zero-order valence-electron chi connectivity index (χ0n) is 24.8. The lowest BCUT2D eigenvalue weighted by molar-refractivity contribution is -0.169. The highest BCUT2D eigenvalue weighted by Gasteiger charge is 2.60. The van der Waals surface area contributed by atoms with E-state index < -0.39 is 59.1 Å². The number of hydrogen-bond acceptors (Lipinski definition) is 9. The number of allylic oxidation sites excluding steroid dienone is 1. The van der Waals surface area contributed by atoms with Crippen LogP contribution in [-0.4, -0.2) is 53.6 Å². The number of Topliss-reactive ketones (excluding diaryl/α,β-unsaturated/α-hetero) is 1. The summed E-state index contributed by atoms with van der Waals surface area (Å²) in [6.45, 7) is 14.8. The number of carbonyl (C=O) groups excluding carboxylic acids is 5. The molecule has 0 saturated heterocycles. The Morgan fingerprint density at radius 2 is 1.59 bits per heavy atom. The van der Waals surface area contributed by atoms with Gasteiger partial charge in [0, 0.05) is 45.4 Å². The van der Waals surface area contributed by atoms with Gasteiger partial charge in [-0.15, -0.1) is 0 Å². The Hall–Kier alpha value is -2.97. The fourth-order valence-electron chi connectivity index (χ4n) is 5.65. The first kappa shape index (κ1) is 32.2. The van der Waals surface area contributed by atoms with Crippen LogP contribution in [-0.2, 0) is 42.9 Å². The fourth-order valence-corrected chi connectivity index (χ4v) is 5.65. The molecule has 0 N–H and O–H groups in total. The van der Waals surface area contributed by atoms with Crippen LogP contribution in [0.4, 0.5) is 0 Å². The van der Waals surface area contributed by atoms with Gasteiger partial charge in [0.05, 0.1) is 5.92 Å². The number of ether oxygens (including phenoxy) is 4. The van der Waals surface area contributed by atoms with Crippen molar-refractivity contribution in [1.29, 1.82) is 0 Å². The van der Waals surface area contributed by atoms with Crippen LogP contribution in [0, 0.1) is 17.3 Å². The van der Waals surface area contributed by atoms with E-state index in [0.717, 1.165) is 0 Å². The number of ketones is 1. The fraction of sp³-hybridized carbons (Fsp3) is 0.700. The summed E-state index contributed by atoms with van der Waals surface area (Å²) in [4.78, 5) is 63.3. The van der Waals surface area contributed by atoms with Crippen LogP contribution in [0.25, 0.3) is 0 Å². The van der Waals surface area contributed by atoms with Crippen molar-refractivity contribution < 1.29 is 42.9 Å². The van der Waals surface area contributed by atoms with Crippen LogP contribution >= 0.6 is 0 Å². The van der Waals surface area contributed by atoms with Crippen molar-refractivity contribution in [2.45, 2.75) is 118 Å². The first-order valence-electron chi connectivity index (χ1n) is 13.7. The summed E-state index contributed by atoms with van der Waals surface area (Å²) in [7, 11) is 0. The molecule has 0 aromatic rings. The molecule has 2 aliphatic carbocycles. The van der Waals surface area contributed by atoms with Gasteiger partial charge in [0.25, 0.3) is 0 Å². The SMILES string of the molecule is CCCC(=O)O[C@@H]1C[C@@H](OC(C)=O)C(C)(C)C/C=C(/C)C(=O)[C@@]2(OC(C)=O)C[C@H](C)[C@H](OC(C)=O)[C@@H]2/C=C\1C. The number of esters is 4. The van der Waals surface area contributed by atoms with Gasteiger partial charge in [0.1, 0.15) is 18.3 Å². The Bertz CT molecular complexity index is 1040. The first-order valence-corrected chi connectivity index (χ1v) is 13.7. The highest BCUT2D eigenvalue weighted by Crippen LogP contribution is 2.48. The Morgan fingerprint density at radius 3 is 2.13 bits per heavy atom. The van der Waals surface area contributed by atoms with Crippen LogP contribution in [0.2, 0.25) is 0 Å². The van der Waals surface area contributed by atoms with E-state index in [4.69, 9.17) is 18.9 Å². The van der Waals surface area contributed by atoms with Crippen molar-refractivity contribution >= 4 is 29.7 Å². The molecule has 9 nitrogen and oxygen atoms in total. The second-order valence-electron chi connectivity index (χ2n) is 11.6. The van der Waals surface area contributed by atoms with Crippen molar-refractivity contribution in [3.05, 3.63) is 23.3 Å². The van der Waals surface area contributed by atoms with E-state index in [1.165, 1.54) is 20.8 Å². The highest BCUT2D eigenvalue weighted by atomic mass is 16.6. The van der Waals surface area contributed by atoms with Crippen molar-refractivity contribution in [2.75, 3.05) is 0 Å². The Kier molecular flexibility index (Phi) is 10.7. The molecule has 218 valence electrons. The van der Waals surface area contributed by atoms with Gasteiger partial charge in [-0.25, -0.2) is 0 Å². The second-order valence-corrected chi connectivity index (χ2v) is 11.6. The van der Waals surface area contributed by atoms with Crippen molar-refractivity contribution in [2.24, 2.45) is 17.3 Å². The lowest BCUT2D eigenvalue weighted by atomic mass is 9.76. The zero-order valence-corrected chi connectivity index (χ0v) is 24.8. The van der Waals surface area contributed by atoms with Gasteiger partial charge in [0.2, 0.25) is 5.78 Å². The highest BCUT2D eigenvalue weighted by molar-refractivity contribution is 6.03. The third kappa shape index (κ3) is 7.79. The predicted molar refractivity (Wildman–Crippen MR) is 143 cm³/mol. The molecule has 0 spiro atoms. The van der Waals surface area contributed by atoms with Gasteiger partial charge >= 0.3 is 23.9 Å². The summed E-state index contributed by atoms with van der Waals surface area (Å²) in [5, 5.41) is 0. The number of rotatable bonds is 6. The Balaban J connectivity index is 2.82. The van der Waals surface area contributed by atoms with E-state index in [-0.39, 0.29) is 31.0 Å². The standard InChI is InChI=1S/C30H44O9/c1-10-11-26(34)38-24-15-25(36-20(5)31)29(8,9)13-12-17(2)28(35)30(39-22(7)33)16-19(4)27(37-21(6)32)23(30)14-18(24)3/h12,14,19,23-25,27H,10-11,13,15-16H2,1-9H3/b17-12-,18-14-/t19-,23-,24+,25+,27-,30+/m0/s1. The zero-order chi connectivity index (χ0) is 29.7. The third-order valence-electron chi connectivity index (χ3n) is 7.67. The number of carbonyl (C=O) groups is 5. The summed E-state index contributed by atoms with van der Waals surface area (Å²) >= 11 is 0. The normalized spacial score (nSPS) is 33.6. The summed E-state index contributed by atoms with van der Waals surface area (Å²) in [5.74, 6) is -3.55. The van der Waals surface area contributed by atoms with E-state index in [1.54, 1.807) is 26.0 Å². The molecule has 0 amide bonds. The van der Waals surface area contributed by atoms with Crippen LogP contribution in [0.1, 0.15) is 94.4 Å². The van der Waals surface area contributed by atoms with E-state index in [0.29, 0.717) is 24.0 Å². The second kappa shape index (κ2) is 12.9. The molecule has 0 bridgehead atoms. The van der Waals surface area contributed by atoms with Gasteiger partial charge in [-0.3, -0.25) is 24.0 Å². The summed E-state index contributed by atoms with van der Waals surface area (Å²) in [5.41, 5.74) is -1.26. The molecule has 0 aliphatic heterocycles. The maximum absolute atomic E-state index is 14.1. The number of fused-ring (bicyclic) bond motifs is 1. The van der Waals surface area contributed by atoms with Crippen LogP contribution in [0.15, 0.2) is 23.3 Å². The van der Waals surface area contributed by atoms with Gasteiger partial charge in [0.15, 0.2) is 5.60 Å². The van der Waals surface area contributed by atoms with E-state index >= 15 is 0 Å². The molecule has 2 aliphatic rings. The van der Waals surface area contributed by atoms with Crippen LogP contribution < -0.4 is 0 Å². The Labute approximate surface area is 231 Å². The van der Waals surface area contributed by atoms with Gasteiger partial charge < -0.3 is 18.9 Å². The first-order chi connectivity index (χ1) is 18.0. The molecule has 0 radical (unpaired) electrons. The molecule has 2 rings (SSSR count). The smallest absolute Gasteiger partial charge is 0.306 e. The van der Waals surface area contributed by atoms with E-state index in [9.17, 15) is 24.0 Å². The van der Waals surface area contributed by atoms with Crippen molar-refractivity contribution in [1.82, 2.24) is 0 Å². The summed E-state index contributed by atoms with van der Waals surface area (Å²) in [6, 6.07) is 0. The Morgan fingerprint density at radius 1 is 0.974 bits per heavy atom. The molecular weight excluding hydrogens is 504 g/mol. The van der Waals surface area contributed by atoms with Crippen molar-refractivity contribution in [3.63, 3.8) is 0 Å². The van der Waals surface area contributed by atoms with E-state index in [1.807, 2.05) is 27.7 Å². The minimum atomic E-state index is -1.61. The van der Waals surface area contributed by atoms with Gasteiger partial charge in [-0.05, 0) is 43.8 Å². The lowest BCUT2D eigenvalue weighted by Crippen LogP contribution is -2.49.